The zero-order chi connectivity index (χ0) is 7.84. The van der Waals surface area contributed by atoms with Crippen molar-refractivity contribution in [2.75, 3.05) is 13.6 Å². The standard InChI is InChI=1S/C8H14N2O/c1-10-6-2-3-7(10)5-9-8(11)4-6/h6-7H,2-5H2,1H3,(H,9,11)/t6-,7+/m1/s1. The van der Waals surface area contributed by atoms with Crippen LogP contribution in [0.1, 0.15) is 19.3 Å². The summed E-state index contributed by atoms with van der Waals surface area (Å²) in [5.41, 5.74) is 0. The predicted molar refractivity (Wildman–Crippen MR) is 42.2 cm³/mol. The number of carbonyl (C=O) groups is 1. The number of hydrogen-bond donors (Lipinski definition) is 1. The van der Waals surface area contributed by atoms with Crippen molar-refractivity contribution in [1.82, 2.24) is 10.2 Å². The Kier molecular flexibility index (Phi) is 1.60. The SMILES string of the molecule is CN1[C@@H]2CC[C@H]1CNC(=O)C2. The van der Waals surface area contributed by atoms with Gasteiger partial charge in [-0.2, -0.15) is 0 Å². The normalized spacial score (nSPS) is 38.5. The lowest BCUT2D eigenvalue weighted by molar-refractivity contribution is -0.121. The molecule has 11 heavy (non-hydrogen) atoms. The Morgan fingerprint density at radius 1 is 1.45 bits per heavy atom. The number of rotatable bonds is 0. The number of fused-ring (bicyclic) bond motifs is 2. The summed E-state index contributed by atoms with van der Waals surface area (Å²) in [6.07, 6.45) is 3.16. The molecule has 0 aromatic rings. The molecule has 0 aliphatic carbocycles. The molecule has 3 nitrogen and oxygen atoms in total. The molecule has 0 saturated carbocycles. The molecule has 2 rings (SSSR count). The van der Waals surface area contributed by atoms with Crippen molar-refractivity contribution in [1.29, 1.82) is 0 Å². The van der Waals surface area contributed by atoms with Crippen LogP contribution in [-0.4, -0.2) is 36.5 Å². The second-order valence-electron chi connectivity index (χ2n) is 3.56. The van der Waals surface area contributed by atoms with Gasteiger partial charge in [0.1, 0.15) is 0 Å². The predicted octanol–water partition coefficient (Wildman–Crippen LogP) is -0.0309. The van der Waals surface area contributed by atoms with E-state index in [0.29, 0.717) is 18.5 Å². The molecule has 2 heterocycles. The molecule has 2 saturated heterocycles. The maximum atomic E-state index is 11.1. The average molecular weight is 154 g/mol. The number of nitrogens with one attached hydrogen (secondary N) is 1. The molecule has 2 bridgehead atoms. The van der Waals surface area contributed by atoms with E-state index in [9.17, 15) is 4.79 Å². The van der Waals surface area contributed by atoms with Crippen LogP contribution >= 0.6 is 0 Å². The van der Waals surface area contributed by atoms with Crippen LogP contribution in [0.25, 0.3) is 0 Å². The highest BCUT2D eigenvalue weighted by atomic mass is 16.1. The Bertz CT molecular complexity index is 181. The molecule has 1 amide bonds. The Balaban J connectivity index is 2.13. The first-order valence-corrected chi connectivity index (χ1v) is 4.26. The van der Waals surface area contributed by atoms with E-state index < -0.39 is 0 Å². The smallest absolute Gasteiger partial charge is 0.221 e. The lowest BCUT2D eigenvalue weighted by atomic mass is 10.1. The average Bonchev–Trinajstić information content (AvgIpc) is 2.20. The van der Waals surface area contributed by atoms with Gasteiger partial charge in [0, 0.05) is 25.0 Å². The van der Waals surface area contributed by atoms with Crippen LogP contribution < -0.4 is 5.32 Å². The van der Waals surface area contributed by atoms with Crippen molar-refractivity contribution in [3.05, 3.63) is 0 Å². The monoisotopic (exact) mass is 154 g/mol. The maximum absolute atomic E-state index is 11.1. The quantitative estimate of drug-likeness (QED) is 0.531. The molecule has 0 radical (unpaired) electrons. The van der Waals surface area contributed by atoms with Gasteiger partial charge in [-0.25, -0.2) is 0 Å². The summed E-state index contributed by atoms with van der Waals surface area (Å²) in [6.45, 7) is 0.853. The largest absolute Gasteiger partial charge is 0.354 e. The van der Waals surface area contributed by atoms with E-state index in [1.165, 1.54) is 12.8 Å². The fraction of sp³-hybridized carbons (Fsp3) is 0.875. The minimum atomic E-state index is 0.226. The van der Waals surface area contributed by atoms with Crippen molar-refractivity contribution >= 4 is 5.91 Å². The van der Waals surface area contributed by atoms with E-state index in [1.54, 1.807) is 0 Å². The number of hydrogen-bond acceptors (Lipinski definition) is 2. The molecule has 62 valence electrons. The molecule has 2 aliphatic heterocycles. The van der Waals surface area contributed by atoms with Crippen molar-refractivity contribution in [2.45, 2.75) is 31.3 Å². The van der Waals surface area contributed by atoms with Crippen LogP contribution in [0.3, 0.4) is 0 Å². The first kappa shape index (κ1) is 7.10. The van der Waals surface area contributed by atoms with E-state index in [4.69, 9.17) is 0 Å². The highest BCUT2D eigenvalue weighted by molar-refractivity contribution is 5.77. The topological polar surface area (TPSA) is 32.3 Å². The van der Waals surface area contributed by atoms with Gasteiger partial charge in [0.25, 0.3) is 0 Å². The molecule has 0 aromatic carbocycles. The number of likely N-dealkylation sites (N-methyl/N-ethyl adjacent to an activating group) is 1. The van der Waals surface area contributed by atoms with Gasteiger partial charge in [-0.1, -0.05) is 0 Å². The highest BCUT2D eigenvalue weighted by Crippen LogP contribution is 2.25. The third-order valence-corrected chi connectivity index (χ3v) is 2.94. The third kappa shape index (κ3) is 1.13. The Labute approximate surface area is 66.8 Å². The molecule has 2 aliphatic rings. The molecule has 2 atom stereocenters. The summed E-state index contributed by atoms with van der Waals surface area (Å²) in [5, 5.41) is 2.93. The Hall–Kier alpha value is -0.570. The molecule has 1 N–H and O–H groups in total. The van der Waals surface area contributed by atoms with E-state index in [2.05, 4.69) is 17.3 Å². The lowest BCUT2D eigenvalue weighted by Gasteiger charge is -2.20. The van der Waals surface area contributed by atoms with Gasteiger partial charge in [-0.15, -0.1) is 0 Å². The van der Waals surface area contributed by atoms with Crippen LogP contribution in [0.5, 0.6) is 0 Å². The summed E-state index contributed by atoms with van der Waals surface area (Å²) in [7, 11) is 2.13. The molecular weight excluding hydrogens is 140 g/mol. The minimum absolute atomic E-state index is 0.226. The van der Waals surface area contributed by atoms with Crippen molar-refractivity contribution in [3.63, 3.8) is 0 Å². The summed E-state index contributed by atoms with van der Waals surface area (Å²) in [5.74, 6) is 0.226. The van der Waals surface area contributed by atoms with E-state index >= 15 is 0 Å². The molecular formula is C8H14N2O. The molecule has 2 fully saturated rings. The van der Waals surface area contributed by atoms with Gasteiger partial charge in [-0.3, -0.25) is 9.69 Å². The molecule has 3 heteroatoms. The van der Waals surface area contributed by atoms with Gasteiger partial charge >= 0.3 is 0 Å². The highest BCUT2D eigenvalue weighted by Gasteiger charge is 2.34. The summed E-state index contributed by atoms with van der Waals surface area (Å²) < 4.78 is 0. The van der Waals surface area contributed by atoms with Gasteiger partial charge in [0.15, 0.2) is 0 Å². The van der Waals surface area contributed by atoms with Crippen LogP contribution in [0.4, 0.5) is 0 Å². The zero-order valence-electron chi connectivity index (χ0n) is 6.84. The lowest BCUT2D eigenvalue weighted by Crippen LogP contribution is -2.34. The van der Waals surface area contributed by atoms with Crippen LogP contribution in [0.15, 0.2) is 0 Å². The number of carbonyl (C=O) groups excluding carboxylic acids is 1. The zero-order valence-corrected chi connectivity index (χ0v) is 6.84. The van der Waals surface area contributed by atoms with Crippen LogP contribution in [-0.2, 0) is 4.79 Å². The van der Waals surface area contributed by atoms with Crippen molar-refractivity contribution < 1.29 is 4.79 Å². The van der Waals surface area contributed by atoms with Crippen LogP contribution in [0, 0.1) is 0 Å². The fourth-order valence-corrected chi connectivity index (χ4v) is 2.10. The molecule has 0 aromatic heterocycles. The summed E-state index contributed by atoms with van der Waals surface area (Å²) in [6, 6.07) is 1.12. The maximum Gasteiger partial charge on any atom is 0.221 e. The molecule has 0 unspecified atom stereocenters. The van der Waals surface area contributed by atoms with Crippen molar-refractivity contribution in [3.8, 4) is 0 Å². The Morgan fingerprint density at radius 2 is 2.18 bits per heavy atom. The Morgan fingerprint density at radius 3 is 3.00 bits per heavy atom. The fourth-order valence-electron chi connectivity index (χ4n) is 2.10. The number of nitrogens with zero attached hydrogens (tertiary/aromatic N) is 1. The minimum Gasteiger partial charge on any atom is -0.354 e. The second-order valence-corrected chi connectivity index (χ2v) is 3.56. The third-order valence-electron chi connectivity index (χ3n) is 2.94. The van der Waals surface area contributed by atoms with Gasteiger partial charge in [0.05, 0.1) is 0 Å². The number of amides is 1. The van der Waals surface area contributed by atoms with E-state index in [1.807, 2.05) is 0 Å². The van der Waals surface area contributed by atoms with Crippen LogP contribution in [0.2, 0.25) is 0 Å². The van der Waals surface area contributed by atoms with E-state index in [-0.39, 0.29) is 5.91 Å². The first-order valence-electron chi connectivity index (χ1n) is 4.26. The van der Waals surface area contributed by atoms with Crippen molar-refractivity contribution in [2.24, 2.45) is 0 Å². The molecule has 0 spiro atoms. The summed E-state index contributed by atoms with van der Waals surface area (Å²) >= 11 is 0. The van der Waals surface area contributed by atoms with Gasteiger partial charge < -0.3 is 5.32 Å². The van der Waals surface area contributed by atoms with Gasteiger partial charge in [-0.05, 0) is 19.9 Å². The second kappa shape index (κ2) is 2.48. The first-order chi connectivity index (χ1) is 5.27. The summed E-state index contributed by atoms with van der Waals surface area (Å²) in [4.78, 5) is 13.4. The van der Waals surface area contributed by atoms with Gasteiger partial charge in [0.2, 0.25) is 5.91 Å². The van der Waals surface area contributed by atoms with E-state index in [0.717, 1.165) is 6.54 Å².